The molecule has 0 unspecified atom stereocenters. The van der Waals surface area contributed by atoms with Crippen LogP contribution in [0.25, 0.3) is 0 Å². The lowest BCUT2D eigenvalue weighted by molar-refractivity contribution is -0.118. The van der Waals surface area contributed by atoms with Crippen LogP contribution in [0.2, 0.25) is 0 Å². The highest BCUT2D eigenvalue weighted by Crippen LogP contribution is 2.26. The number of carbonyl (C=O) groups is 1. The third kappa shape index (κ3) is 4.89. The first-order valence-corrected chi connectivity index (χ1v) is 7.73. The van der Waals surface area contributed by atoms with Crippen molar-refractivity contribution in [2.75, 3.05) is 26.1 Å². The lowest BCUT2D eigenvalue weighted by Gasteiger charge is -2.11. The van der Waals surface area contributed by atoms with Gasteiger partial charge >= 0.3 is 0 Å². The van der Waals surface area contributed by atoms with Crippen LogP contribution >= 0.6 is 15.9 Å². The van der Waals surface area contributed by atoms with Gasteiger partial charge in [-0.3, -0.25) is 4.79 Å². The molecule has 2 aromatic rings. The van der Waals surface area contributed by atoms with Crippen LogP contribution in [0.5, 0.6) is 17.2 Å². The van der Waals surface area contributed by atoms with Crippen LogP contribution in [0.1, 0.15) is 5.56 Å². The van der Waals surface area contributed by atoms with E-state index in [1.54, 1.807) is 32.4 Å². The number of rotatable bonds is 6. The van der Waals surface area contributed by atoms with Crippen molar-refractivity contribution in [1.82, 2.24) is 0 Å². The first kappa shape index (κ1) is 17.1. The van der Waals surface area contributed by atoms with E-state index < -0.39 is 0 Å². The van der Waals surface area contributed by atoms with Crippen molar-refractivity contribution < 1.29 is 19.0 Å². The third-order valence-corrected chi connectivity index (χ3v) is 3.62. The molecule has 23 heavy (non-hydrogen) atoms. The number of methoxy groups -OCH3 is 2. The second-order valence-electron chi connectivity index (χ2n) is 4.85. The SMILES string of the molecule is COc1cc(NC(=O)COc2ccc(Br)cc2C)cc(OC)c1. The van der Waals surface area contributed by atoms with E-state index in [1.807, 2.05) is 25.1 Å². The normalized spacial score (nSPS) is 10.1. The topological polar surface area (TPSA) is 56.8 Å². The summed E-state index contributed by atoms with van der Waals surface area (Å²) in [5, 5.41) is 2.76. The molecule has 6 heteroatoms. The Bertz CT molecular complexity index is 681. The van der Waals surface area contributed by atoms with E-state index in [4.69, 9.17) is 14.2 Å². The fraction of sp³-hybridized carbons (Fsp3) is 0.235. The molecule has 0 fully saturated rings. The molecular weight excluding hydrogens is 362 g/mol. The number of anilines is 1. The third-order valence-electron chi connectivity index (χ3n) is 3.13. The van der Waals surface area contributed by atoms with Crippen molar-refractivity contribution >= 4 is 27.5 Å². The molecule has 122 valence electrons. The van der Waals surface area contributed by atoms with E-state index in [9.17, 15) is 4.79 Å². The summed E-state index contributed by atoms with van der Waals surface area (Å²) < 4.78 is 16.8. The van der Waals surface area contributed by atoms with Gasteiger partial charge in [0.1, 0.15) is 17.2 Å². The van der Waals surface area contributed by atoms with E-state index in [2.05, 4.69) is 21.2 Å². The number of hydrogen-bond donors (Lipinski definition) is 1. The molecule has 0 aromatic heterocycles. The maximum atomic E-state index is 12.0. The molecular formula is C17H18BrNO4. The summed E-state index contributed by atoms with van der Waals surface area (Å²) in [6, 6.07) is 10.8. The van der Waals surface area contributed by atoms with Gasteiger partial charge in [-0.1, -0.05) is 15.9 Å². The fourth-order valence-corrected chi connectivity index (χ4v) is 2.47. The molecule has 0 heterocycles. The zero-order chi connectivity index (χ0) is 16.8. The van der Waals surface area contributed by atoms with Crippen molar-refractivity contribution in [3.05, 3.63) is 46.4 Å². The second-order valence-corrected chi connectivity index (χ2v) is 5.76. The Morgan fingerprint density at radius 1 is 1.09 bits per heavy atom. The summed E-state index contributed by atoms with van der Waals surface area (Å²) >= 11 is 3.39. The molecule has 1 N–H and O–H groups in total. The van der Waals surface area contributed by atoms with Gasteiger partial charge in [-0.2, -0.15) is 0 Å². The van der Waals surface area contributed by atoms with Gasteiger partial charge in [0, 0.05) is 28.4 Å². The molecule has 0 radical (unpaired) electrons. The smallest absolute Gasteiger partial charge is 0.262 e. The zero-order valence-electron chi connectivity index (χ0n) is 13.2. The van der Waals surface area contributed by atoms with Crippen LogP contribution in [-0.2, 0) is 4.79 Å². The second kappa shape index (κ2) is 7.87. The number of benzene rings is 2. The summed E-state index contributed by atoms with van der Waals surface area (Å²) in [6.45, 7) is 1.84. The number of nitrogens with one attached hydrogen (secondary N) is 1. The molecule has 0 aliphatic heterocycles. The van der Waals surface area contributed by atoms with Gasteiger partial charge in [0.15, 0.2) is 6.61 Å². The van der Waals surface area contributed by atoms with E-state index in [-0.39, 0.29) is 12.5 Å². The Morgan fingerprint density at radius 3 is 2.30 bits per heavy atom. The predicted octanol–water partition coefficient (Wildman–Crippen LogP) is 3.79. The van der Waals surface area contributed by atoms with Crippen LogP contribution in [0.4, 0.5) is 5.69 Å². The molecule has 2 aromatic carbocycles. The Balaban J connectivity index is 1.99. The lowest BCUT2D eigenvalue weighted by Crippen LogP contribution is -2.20. The molecule has 0 saturated carbocycles. The van der Waals surface area contributed by atoms with Crippen LogP contribution in [0, 0.1) is 6.92 Å². The van der Waals surface area contributed by atoms with Gasteiger partial charge in [-0.15, -0.1) is 0 Å². The van der Waals surface area contributed by atoms with E-state index in [0.29, 0.717) is 22.9 Å². The minimum absolute atomic E-state index is 0.0814. The van der Waals surface area contributed by atoms with Crippen molar-refractivity contribution in [3.8, 4) is 17.2 Å². The predicted molar refractivity (Wildman–Crippen MR) is 92.5 cm³/mol. The summed E-state index contributed by atoms with van der Waals surface area (Å²) in [4.78, 5) is 12.0. The minimum Gasteiger partial charge on any atom is -0.497 e. The monoisotopic (exact) mass is 379 g/mol. The molecule has 0 bridgehead atoms. The molecule has 0 spiro atoms. The Kier molecular flexibility index (Phi) is 5.87. The minimum atomic E-state index is -0.261. The largest absolute Gasteiger partial charge is 0.497 e. The number of halogens is 1. The number of aryl methyl sites for hydroxylation is 1. The van der Waals surface area contributed by atoms with Gasteiger partial charge in [0.2, 0.25) is 0 Å². The van der Waals surface area contributed by atoms with E-state index in [1.165, 1.54) is 0 Å². The first-order chi connectivity index (χ1) is 11.0. The first-order valence-electron chi connectivity index (χ1n) is 6.93. The highest BCUT2D eigenvalue weighted by atomic mass is 79.9. The van der Waals surface area contributed by atoms with Crippen molar-refractivity contribution in [1.29, 1.82) is 0 Å². The highest BCUT2D eigenvalue weighted by molar-refractivity contribution is 9.10. The summed E-state index contributed by atoms with van der Waals surface area (Å²) in [5.41, 5.74) is 1.54. The molecule has 0 aliphatic rings. The van der Waals surface area contributed by atoms with Crippen molar-refractivity contribution in [2.45, 2.75) is 6.92 Å². The number of amides is 1. The molecule has 2 rings (SSSR count). The van der Waals surface area contributed by atoms with Gasteiger partial charge in [0.25, 0.3) is 5.91 Å². The van der Waals surface area contributed by atoms with Crippen LogP contribution in [-0.4, -0.2) is 26.7 Å². The fourth-order valence-electron chi connectivity index (χ4n) is 1.99. The molecule has 0 saturated heterocycles. The molecule has 0 aliphatic carbocycles. The summed E-state index contributed by atoms with van der Waals surface area (Å²) in [7, 11) is 3.11. The molecule has 0 atom stereocenters. The highest BCUT2D eigenvalue weighted by Gasteiger charge is 2.08. The number of carbonyl (C=O) groups excluding carboxylic acids is 1. The average Bonchev–Trinajstić information content (AvgIpc) is 2.53. The number of hydrogen-bond acceptors (Lipinski definition) is 4. The Hall–Kier alpha value is -2.21. The van der Waals surface area contributed by atoms with Crippen LogP contribution in [0.3, 0.4) is 0 Å². The van der Waals surface area contributed by atoms with Gasteiger partial charge < -0.3 is 19.5 Å². The quantitative estimate of drug-likeness (QED) is 0.829. The lowest BCUT2D eigenvalue weighted by atomic mass is 10.2. The van der Waals surface area contributed by atoms with E-state index in [0.717, 1.165) is 10.0 Å². The Labute approximate surface area is 143 Å². The standard InChI is InChI=1S/C17H18BrNO4/c1-11-6-12(18)4-5-16(11)23-10-17(20)19-13-7-14(21-2)9-15(8-13)22-3/h4-9H,10H2,1-3H3,(H,19,20). The van der Waals surface area contributed by atoms with Gasteiger partial charge in [-0.25, -0.2) is 0 Å². The van der Waals surface area contributed by atoms with Crippen molar-refractivity contribution in [3.63, 3.8) is 0 Å². The summed E-state index contributed by atoms with van der Waals surface area (Å²) in [6.07, 6.45) is 0. The van der Waals surface area contributed by atoms with Crippen LogP contribution in [0.15, 0.2) is 40.9 Å². The van der Waals surface area contributed by atoms with Crippen LogP contribution < -0.4 is 19.5 Å². The maximum Gasteiger partial charge on any atom is 0.262 e. The Morgan fingerprint density at radius 2 is 1.74 bits per heavy atom. The average molecular weight is 380 g/mol. The maximum absolute atomic E-state index is 12.0. The van der Waals surface area contributed by atoms with Gasteiger partial charge in [-0.05, 0) is 30.7 Å². The summed E-state index contributed by atoms with van der Waals surface area (Å²) in [5.74, 6) is 1.61. The molecule has 1 amide bonds. The van der Waals surface area contributed by atoms with Crippen molar-refractivity contribution in [2.24, 2.45) is 0 Å². The number of ether oxygens (including phenoxy) is 3. The molecule has 5 nitrogen and oxygen atoms in total. The zero-order valence-corrected chi connectivity index (χ0v) is 14.8. The van der Waals surface area contributed by atoms with E-state index >= 15 is 0 Å². The van der Waals surface area contributed by atoms with Gasteiger partial charge in [0.05, 0.1) is 14.2 Å².